The van der Waals surface area contributed by atoms with Crippen molar-refractivity contribution in [1.29, 1.82) is 0 Å². The summed E-state index contributed by atoms with van der Waals surface area (Å²) >= 11 is 0. The second-order valence-corrected chi connectivity index (χ2v) is 7.84. The summed E-state index contributed by atoms with van der Waals surface area (Å²) in [6.07, 6.45) is 3.60. The maximum absolute atomic E-state index is 9.07. The van der Waals surface area contributed by atoms with Crippen molar-refractivity contribution in [3.8, 4) is 11.1 Å². The van der Waals surface area contributed by atoms with Crippen molar-refractivity contribution in [2.24, 2.45) is 5.16 Å². The number of oxime groups is 1. The molecule has 0 aliphatic heterocycles. The number of hydrogen-bond donors (Lipinski definition) is 2. The van der Waals surface area contributed by atoms with Gasteiger partial charge in [-0.25, -0.2) is 4.98 Å². The van der Waals surface area contributed by atoms with Crippen LogP contribution in [-0.4, -0.2) is 16.4 Å². The average Bonchev–Trinajstić information content (AvgIpc) is 3.17. The van der Waals surface area contributed by atoms with Crippen LogP contribution >= 0.6 is 0 Å². The highest BCUT2D eigenvalue weighted by Gasteiger charge is 2.23. The van der Waals surface area contributed by atoms with Gasteiger partial charge in [0.1, 0.15) is 5.82 Å². The Morgan fingerprint density at radius 2 is 1.87 bits per heavy atom. The molecule has 2 N–H and O–H groups in total. The van der Waals surface area contributed by atoms with Crippen molar-refractivity contribution in [2.45, 2.75) is 25.8 Å². The first-order chi connectivity index (χ1) is 14.7. The fourth-order valence-corrected chi connectivity index (χ4v) is 4.33. The van der Waals surface area contributed by atoms with Gasteiger partial charge in [0.2, 0.25) is 0 Å². The van der Waals surface area contributed by atoms with E-state index in [0.717, 1.165) is 46.3 Å². The van der Waals surface area contributed by atoms with Gasteiger partial charge in [0.25, 0.3) is 0 Å². The normalized spacial score (nSPS) is 15.6. The number of anilines is 1. The molecule has 5 rings (SSSR count). The molecule has 1 aromatic heterocycles. The fraction of sp³-hybridized carbons (Fsp3) is 0.154. The lowest BCUT2D eigenvalue weighted by atomic mass is 10.00. The number of aromatic nitrogens is 1. The molecule has 1 aliphatic carbocycles. The summed E-state index contributed by atoms with van der Waals surface area (Å²) in [5.74, 6) is 0.881. The SMILES string of the molecule is Cc1ccc(-c2cc3c(C=NO)cccc3nc2N[C@@H]2CCc3ccccc32)cc1. The van der Waals surface area contributed by atoms with Crippen LogP contribution in [0.2, 0.25) is 0 Å². The van der Waals surface area contributed by atoms with E-state index in [4.69, 9.17) is 10.2 Å². The van der Waals surface area contributed by atoms with Crippen molar-refractivity contribution in [2.75, 3.05) is 5.32 Å². The van der Waals surface area contributed by atoms with Crippen molar-refractivity contribution in [3.05, 3.63) is 95.1 Å². The second kappa shape index (κ2) is 7.64. The Labute approximate surface area is 175 Å². The molecule has 1 heterocycles. The highest BCUT2D eigenvalue weighted by atomic mass is 16.4. The number of hydrogen-bond acceptors (Lipinski definition) is 4. The Kier molecular flexibility index (Phi) is 4.68. The van der Waals surface area contributed by atoms with Crippen LogP contribution in [0.5, 0.6) is 0 Å². The molecule has 0 radical (unpaired) electrons. The van der Waals surface area contributed by atoms with Gasteiger partial charge >= 0.3 is 0 Å². The predicted molar refractivity (Wildman–Crippen MR) is 122 cm³/mol. The molecule has 0 unspecified atom stereocenters. The molecule has 4 aromatic rings. The molecule has 4 nitrogen and oxygen atoms in total. The Balaban J connectivity index is 1.66. The third-order valence-electron chi connectivity index (χ3n) is 5.90. The highest BCUT2D eigenvalue weighted by Crippen LogP contribution is 2.37. The van der Waals surface area contributed by atoms with Gasteiger partial charge in [0.05, 0.1) is 17.8 Å². The highest BCUT2D eigenvalue weighted by molar-refractivity contribution is 6.01. The first-order valence-electron chi connectivity index (χ1n) is 10.3. The molecule has 148 valence electrons. The number of aryl methyl sites for hydroxylation is 2. The minimum atomic E-state index is 0.248. The molecule has 1 atom stereocenters. The van der Waals surface area contributed by atoms with Crippen molar-refractivity contribution >= 4 is 22.9 Å². The summed E-state index contributed by atoms with van der Waals surface area (Å²) in [5, 5.41) is 17.0. The van der Waals surface area contributed by atoms with Crippen LogP contribution < -0.4 is 5.32 Å². The number of rotatable bonds is 4. The molecule has 3 aromatic carbocycles. The van der Waals surface area contributed by atoms with E-state index < -0.39 is 0 Å². The van der Waals surface area contributed by atoms with E-state index in [2.05, 4.69) is 72.0 Å². The van der Waals surface area contributed by atoms with E-state index in [-0.39, 0.29) is 6.04 Å². The van der Waals surface area contributed by atoms with Crippen molar-refractivity contribution in [1.82, 2.24) is 4.98 Å². The number of fused-ring (bicyclic) bond motifs is 2. The second-order valence-electron chi connectivity index (χ2n) is 7.84. The molecule has 0 spiro atoms. The van der Waals surface area contributed by atoms with Crippen LogP contribution in [0, 0.1) is 6.92 Å². The Morgan fingerprint density at radius 1 is 1.03 bits per heavy atom. The molecule has 4 heteroatoms. The maximum Gasteiger partial charge on any atom is 0.135 e. The van der Waals surface area contributed by atoms with E-state index in [1.165, 1.54) is 22.9 Å². The minimum absolute atomic E-state index is 0.248. The predicted octanol–water partition coefficient (Wildman–Crippen LogP) is 6.12. The van der Waals surface area contributed by atoms with Gasteiger partial charge in [0.15, 0.2) is 0 Å². The van der Waals surface area contributed by atoms with Gasteiger partial charge in [-0.15, -0.1) is 0 Å². The molecular weight excluding hydrogens is 370 g/mol. The molecule has 1 aliphatic rings. The molecule has 0 saturated heterocycles. The molecule has 0 fully saturated rings. The largest absolute Gasteiger partial charge is 0.411 e. The van der Waals surface area contributed by atoms with Gasteiger partial charge < -0.3 is 10.5 Å². The summed E-state index contributed by atoms with van der Waals surface area (Å²) in [7, 11) is 0. The molecular formula is C26H23N3O. The number of nitrogens with one attached hydrogen (secondary N) is 1. The van der Waals surface area contributed by atoms with Crippen LogP contribution in [0.15, 0.2) is 78.0 Å². The van der Waals surface area contributed by atoms with Crippen LogP contribution in [0.1, 0.15) is 34.7 Å². The lowest BCUT2D eigenvalue weighted by molar-refractivity contribution is 0.322. The smallest absolute Gasteiger partial charge is 0.135 e. The summed E-state index contributed by atoms with van der Waals surface area (Å²) in [4.78, 5) is 5.00. The first kappa shape index (κ1) is 18.4. The summed E-state index contributed by atoms with van der Waals surface area (Å²) in [6, 6.07) is 25.4. The number of nitrogens with zero attached hydrogens (tertiary/aromatic N) is 2. The van der Waals surface area contributed by atoms with E-state index in [1.807, 2.05) is 18.2 Å². The Bertz CT molecular complexity index is 1250. The van der Waals surface area contributed by atoms with E-state index >= 15 is 0 Å². The number of benzene rings is 3. The lowest BCUT2D eigenvalue weighted by Crippen LogP contribution is -2.10. The van der Waals surface area contributed by atoms with Crippen LogP contribution in [-0.2, 0) is 6.42 Å². The third-order valence-corrected chi connectivity index (χ3v) is 5.90. The van der Waals surface area contributed by atoms with Crippen LogP contribution in [0.25, 0.3) is 22.0 Å². The van der Waals surface area contributed by atoms with Crippen molar-refractivity contribution < 1.29 is 5.21 Å². The average molecular weight is 393 g/mol. The van der Waals surface area contributed by atoms with E-state index in [9.17, 15) is 0 Å². The van der Waals surface area contributed by atoms with Crippen molar-refractivity contribution in [3.63, 3.8) is 0 Å². The molecule has 0 amide bonds. The lowest BCUT2D eigenvalue weighted by Gasteiger charge is -2.19. The first-order valence-corrected chi connectivity index (χ1v) is 10.3. The van der Waals surface area contributed by atoms with Crippen LogP contribution in [0.4, 0.5) is 5.82 Å². The van der Waals surface area contributed by atoms with E-state index in [0.29, 0.717) is 0 Å². The zero-order valence-corrected chi connectivity index (χ0v) is 16.8. The fourth-order valence-electron chi connectivity index (χ4n) is 4.33. The van der Waals surface area contributed by atoms with Gasteiger partial charge in [-0.1, -0.05) is 71.4 Å². The molecule has 0 bridgehead atoms. The summed E-state index contributed by atoms with van der Waals surface area (Å²) in [6.45, 7) is 2.09. The zero-order valence-electron chi connectivity index (χ0n) is 16.8. The van der Waals surface area contributed by atoms with Gasteiger partial charge in [-0.05, 0) is 48.6 Å². The Hall–Kier alpha value is -3.66. The van der Waals surface area contributed by atoms with Gasteiger partial charge in [-0.3, -0.25) is 0 Å². The maximum atomic E-state index is 9.07. The summed E-state index contributed by atoms with van der Waals surface area (Å²) in [5.41, 5.74) is 7.86. The Morgan fingerprint density at radius 3 is 2.70 bits per heavy atom. The molecule has 30 heavy (non-hydrogen) atoms. The van der Waals surface area contributed by atoms with E-state index in [1.54, 1.807) is 0 Å². The quantitative estimate of drug-likeness (QED) is 0.250. The van der Waals surface area contributed by atoms with Gasteiger partial charge in [0, 0.05) is 16.5 Å². The topological polar surface area (TPSA) is 57.5 Å². The van der Waals surface area contributed by atoms with Gasteiger partial charge in [-0.2, -0.15) is 0 Å². The standard InChI is InChI=1S/C26H23N3O/c1-17-9-11-19(12-10-17)23-15-22-20(16-27-30)6-4-8-24(22)28-26(23)29-25-14-13-18-5-2-3-7-21(18)25/h2-12,15-16,25,30H,13-14H2,1H3,(H,28,29)/t25-/m1/s1. The van der Waals surface area contributed by atoms with Crippen LogP contribution in [0.3, 0.4) is 0 Å². The minimum Gasteiger partial charge on any atom is -0.411 e. The molecule has 0 saturated carbocycles. The third kappa shape index (κ3) is 3.30. The zero-order chi connectivity index (χ0) is 20.5. The summed E-state index contributed by atoms with van der Waals surface area (Å²) < 4.78 is 0. The number of pyridine rings is 1. The monoisotopic (exact) mass is 393 g/mol.